The van der Waals surface area contributed by atoms with E-state index in [1.54, 1.807) is 6.07 Å². The molecular weight excluding hydrogens is 279 g/mol. The summed E-state index contributed by atoms with van der Waals surface area (Å²) in [5, 5.41) is 0.513. The first-order valence-electron chi connectivity index (χ1n) is 7.18. The molecular formula is C15H22ClFN2O. The Morgan fingerprint density at radius 2 is 2.10 bits per heavy atom. The summed E-state index contributed by atoms with van der Waals surface area (Å²) in [4.78, 5) is 0. The number of nitrogens with one attached hydrogen (secondary N) is 1. The zero-order valence-corrected chi connectivity index (χ0v) is 12.5. The summed E-state index contributed by atoms with van der Waals surface area (Å²) in [6, 6.07) is 4.07. The Bertz CT molecular complexity index is 444. The summed E-state index contributed by atoms with van der Waals surface area (Å²) < 4.78 is 19.6. The smallest absolute Gasteiger partial charge is 0.123 e. The molecule has 1 aliphatic carbocycles. The molecule has 0 bridgehead atoms. The molecule has 0 aliphatic heterocycles. The minimum atomic E-state index is -0.404. The topological polar surface area (TPSA) is 47.3 Å². The lowest BCUT2D eigenvalue weighted by Gasteiger charge is -2.43. The second-order valence-electron chi connectivity index (χ2n) is 5.32. The Hall–Kier alpha value is -0.680. The molecule has 0 saturated heterocycles. The highest BCUT2D eigenvalue weighted by molar-refractivity contribution is 6.31. The molecule has 0 heterocycles. The van der Waals surface area contributed by atoms with Crippen LogP contribution in [0.15, 0.2) is 18.2 Å². The van der Waals surface area contributed by atoms with Gasteiger partial charge in [-0.2, -0.15) is 0 Å². The highest BCUT2D eigenvalue weighted by atomic mass is 35.5. The molecule has 1 aromatic carbocycles. The number of halogens is 2. The van der Waals surface area contributed by atoms with E-state index in [4.69, 9.17) is 22.2 Å². The second-order valence-corrected chi connectivity index (χ2v) is 5.73. The Balaban J connectivity index is 2.39. The number of benzene rings is 1. The van der Waals surface area contributed by atoms with Crippen molar-refractivity contribution in [1.82, 2.24) is 5.43 Å². The van der Waals surface area contributed by atoms with Crippen LogP contribution in [-0.2, 0) is 4.74 Å². The van der Waals surface area contributed by atoms with Crippen LogP contribution in [0.3, 0.4) is 0 Å². The van der Waals surface area contributed by atoms with Crippen molar-refractivity contribution < 1.29 is 9.13 Å². The Morgan fingerprint density at radius 3 is 2.70 bits per heavy atom. The van der Waals surface area contributed by atoms with Gasteiger partial charge >= 0.3 is 0 Å². The second kappa shape index (κ2) is 6.85. The molecule has 2 rings (SSSR count). The number of hydrazine groups is 1. The number of ether oxygens (including phenoxy) is 1. The fourth-order valence-electron chi connectivity index (χ4n) is 3.21. The van der Waals surface area contributed by atoms with Gasteiger partial charge in [0.1, 0.15) is 5.82 Å². The molecule has 1 unspecified atom stereocenters. The van der Waals surface area contributed by atoms with Crippen molar-refractivity contribution >= 4 is 11.6 Å². The van der Waals surface area contributed by atoms with Gasteiger partial charge in [-0.3, -0.25) is 11.3 Å². The summed E-state index contributed by atoms with van der Waals surface area (Å²) in [7, 11) is 0. The molecule has 0 aromatic heterocycles. The van der Waals surface area contributed by atoms with Gasteiger partial charge in [0.15, 0.2) is 0 Å². The van der Waals surface area contributed by atoms with Gasteiger partial charge < -0.3 is 4.74 Å². The van der Waals surface area contributed by atoms with E-state index in [0.29, 0.717) is 17.2 Å². The number of hydrogen-bond donors (Lipinski definition) is 2. The van der Waals surface area contributed by atoms with Crippen LogP contribution < -0.4 is 11.3 Å². The third-order valence-corrected chi connectivity index (χ3v) is 4.44. The molecule has 1 aromatic rings. The van der Waals surface area contributed by atoms with Crippen LogP contribution in [-0.4, -0.2) is 12.2 Å². The molecule has 0 radical (unpaired) electrons. The molecule has 1 atom stereocenters. The quantitative estimate of drug-likeness (QED) is 0.643. The molecule has 0 amide bonds. The molecule has 3 nitrogen and oxygen atoms in total. The Morgan fingerprint density at radius 1 is 1.40 bits per heavy atom. The van der Waals surface area contributed by atoms with Crippen LogP contribution >= 0.6 is 11.6 Å². The number of rotatable bonds is 5. The van der Waals surface area contributed by atoms with E-state index in [9.17, 15) is 4.39 Å². The molecule has 5 heteroatoms. The summed E-state index contributed by atoms with van der Waals surface area (Å²) in [5.41, 5.74) is 3.07. The third-order valence-electron chi connectivity index (χ3n) is 4.09. The maximum absolute atomic E-state index is 13.6. The van der Waals surface area contributed by atoms with Crippen molar-refractivity contribution in [3.63, 3.8) is 0 Å². The fourth-order valence-corrected chi connectivity index (χ4v) is 3.44. The molecule has 1 saturated carbocycles. The Labute approximate surface area is 124 Å². The van der Waals surface area contributed by atoms with Gasteiger partial charge in [-0.15, -0.1) is 0 Å². The van der Waals surface area contributed by atoms with E-state index in [-0.39, 0.29) is 11.9 Å². The largest absolute Gasteiger partial charge is 0.373 e. The van der Waals surface area contributed by atoms with Crippen LogP contribution in [0.1, 0.15) is 50.6 Å². The zero-order chi connectivity index (χ0) is 14.6. The molecule has 1 aliphatic rings. The highest BCUT2D eigenvalue weighted by Crippen LogP contribution is 2.43. The average molecular weight is 301 g/mol. The van der Waals surface area contributed by atoms with Gasteiger partial charge in [0.2, 0.25) is 0 Å². The minimum absolute atomic E-state index is 0.300. The Kier molecular flexibility index (Phi) is 5.38. The lowest BCUT2D eigenvalue weighted by atomic mass is 9.76. The highest BCUT2D eigenvalue weighted by Gasteiger charge is 2.42. The molecule has 3 N–H and O–H groups in total. The van der Waals surface area contributed by atoms with Gasteiger partial charge in [-0.1, -0.05) is 30.9 Å². The molecule has 112 valence electrons. The summed E-state index contributed by atoms with van der Waals surface area (Å²) >= 11 is 6.23. The normalized spacial score (nSPS) is 19.8. The van der Waals surface area contributed by atoms with Crippen LogP contribution in [0.25, 0.3) is 0 Å². The first-order chi connectivity index (χ1) is 9.63. The first kappa shape index (κ1) is 15.7. The van der Waals surface area contributed by atoms with E-state index in [0.717, 1.165) is 25.7 Å². The van der Waals surface area contributed by atoms with Crippen molar-refractivity contribution in [3.8, 4) is 0 Å². The van der Waals surface area contributed by atoms with Crippen LogP contribution in [0.2, 0.25) is 5.02 Å². The average Bonchev–Trinajstić information content (AvgIpc) is 2.45. The number of hydrogen-bond acceptors (Lipinski definition) is 3. The standard InChI is InChI=1S/C15H22ClFN2O/c1-2-20-15(8-4-3-5-9-15)14(19-18)12-10-11(17)6-7-13(12)16/h6-7,10,14,19H,2-5,8-9,18H2,1H3. The number of nitrogens with two attached hydrogens (primary N) is 1. The van der Waals surface area contributed by atoms with Gasteiger partial charge in [0, 0.05) is 11.6 Å². The third kappa shape index (κ3) is 3.14. The summed E-state index contributed by atoms with van der Waals surface area (Å²) in [5.74, 6) is 5.45. The SMILES string of the molecule is CCOC1(C(NN)c2cc(F)ccc2Cl)CCCCC1. The van der Waals surface area contributed by atoms with Crippen molar-refractivity contribution in [2.75, 3.05) is 6.61 Å². The van der Waals surface area contributed by atoms with Crippen molar-refractivity contribution in [2.24, 2.45) is 5.84 Å². The van der Waals surface area contributed by atoms with E-state index >= 15 is 0 Å². The predicted octanol–water partition coefficient (Wildman–Crippen LogP) is 3.72. The molecule has 1 fully saturated rings. The maximum Gasteiger partial charge on any atom is 0.123 e. The minimum Gasteiger partial charge on any atom is -0.373 e. The lowest BCUT2D eigenvalue weighted by Crippen LogP contribution is -2.50. The van der Waals surface area contributed by atoms with Crippen LogP contribution in [0, 0.1) is 5.82 Å². The predicted molar refractivity (Wildman–Crippen MR) is 78.9 cm³/mol. The van der Waals surface area contributed by atoms with Gasteiger partial charge in [-0.25, -0.2) is 4.39 Å². The van der Waals surface area contributed by atoms with E-state index in [2.05, 4.69) is 5.43 Å². The van der Waals surface area contributed by atoms with Crippen molar-refractivity contribution in [1.29, 1.82) is 0 Å². The van der Waals surface area contributed by atoms with Gasteiger partial charge in [0.25, 0.3) is 0 Å². The van der Waals surface area contributed by atoms with E-state index in [1.807, 2.05) is 6.92 Å². The first-order valence-corrected chi connectivity index (χ1v) is 7.56. The van der Waals surface area contributed by atoms with Gasteiger partial charge in [0.05, 0.1) is 11.6 Å². The maximum atomic E-state index is 13.6. The lowest BCUT2D eigenvalue weighted by molar-refractivity contribution is -0.0913. The van der Waals surface area contributed by atoms with E-state index < -0.39 is 5.60 Å². The molecule has 20 heavy (non-hydrogen) atoms. The summed E-state index contributed by atoms with van der Waals surface area (Å²) in [6.07, 6.45) is 5.18. The molecule has 0 spiro atoms. The van der Waals surface area contributed by atoms with Crippen LogP contribution in [0.5, 0.6) is 0 Å². The monoisotopic (exact) mass is 300 g/mol. The summed E-state index contributed by atoms with van der Waals surface area (Å²) in [6.45, 7) is 2.57. The van der Waals surface area contributed by atoms with Crippen LogP contribution in [0.4, 0.5) is 4.39 Å². The van der Waals surface area contributed by atoms with Crippen molar-refractivity contribution in [2.45, 2.75) is 50.7 Å². The van der Waals surface area contributed by atoms with Crippen molar-refractivity contribution in [3.05, 3.63) is 34.6 Å². The van der Waals surface area contributed by atoms with Gasteiger partial charge in [-0.05, 0) is 43.5 Å². The van der Waals surface area contributed by atoms with E-state index in [1.165, 1.54) is 18.6 Å². The zero-order valence-electron chi connectivity index (χ0n) is 11.8. The fraction of sp³-hybridized carbons (Fsp3) is 0.600.